The largest absolute Gasteiger partial charge is 0.492 e. The maximum absolute atomic E-state index is 13.5. The van der Waals surface area contributed by atoms with Crippen molar-refractivity contribution < 1.29 is 71.0 Å². The molecule has 318 valence electrons. The molecule has 26 heteroatoms. The molecule has 22 nitrogen and oxygen atoms in total. The van der Waals surface area contributed by atoms with Gasteiger partial charge in [-0.05, 0) is 109 Å². The molecule has 0 heterocycles. The monoisotopic (exact) mass is 916 g/mol. The molecule has 6 rings (SSSR count). The van der Waals surface area contributed by atoms with Gasteiger partial charge in [0.1, 0.15) is 20.5 Å². The summed E-state index contributed by atoms with van der Waals surface area (Å²) >= 11 is 0. The van der Waals surface area contributed by atoms with E-state index < -0.39 is 89.1 Å². The molecule has 4 aromatic rings. The molecule has 2 aliphatic carbocycles. The molecule has 8 N–H and O–H groups in total. The van der Waals surface area contributed by atoms with Crippen LogP contribution in [0.2, 0.25) is 0 Å². The molecule has 2 amide bonds. The Morgan fingerprint density at radius 2 is 1.02 bits per heavy atom. The van der Waals surface area contributed by atoms with Crippen molar-refractivity contribution in [3.05, 3.63) is 111 Å². The molecule has 0 saturated carbocycles. The normalized spacial score (nSPS) is 15.6. The van der Waals surface area contributed by atoms with Crippen molar-refractivity contribution in [3.63, 3.8) is 0 Å². The van der Waals surface area contributed by atoms with E-state index in [0.717, 1.165) is 42.5 Å². The highest BCUT2D eigenvalue weighted by molar-refractivity contribution is 7.91. The fourth-order valence-corrected chi connectivity index (χ4v) is 8.18. The first kappa shape index (κ1) is 43.9. The van der Waals surface area contributed by atoms with E-state index >= 15 is 0 Å². The second-order valence-electron chi connectivity index (χ2n) is 12.5. The lowest BCUT2D eigenvalue weighted by Crippen LogP contribution is -2.27. The topological polar surface area (TPSA) is 351 Å². The summed E-state index contributed by atoms with van der Waals surface area (Å²) in [5, 5.41) is 12.5. The molecule has 4 aromatic carbocycles. The number of anilines is 4. The van der Waals surface area contributed by atoms with Gasteiger partial charge >= 0.3 is 6.03 Å². The Morgan fingerprint density at radius 1 is 0.574 bits per heavy atom. The molecule has 2 aliphatic rings. The van der Waals surface area contributed by atoms with Gasteiger partial charge in [0.2, 0.25) is 11.6 Å². The van der Waals surface area contributed by atoms with Gasteiger partial charge in [-0.25, -0.2) is 4.79 Å². The summed E-state index contributed by atoms with van der Waals surface area (Å²) < 4.78 is 140. The van der Waals surface area contributed by atoms with Crippen LogP contribution in [0.1, 0.15) is 38.8 Å². The van der Waals surface area contributed by atoms with Crippen LogP contribution < -0.4 is 26.2 Å². The van der Waals surface area contributed by atoms with Gasteiger partial charge in [0, 0.05) is 22.5 Å². The smallest absolute Gasteiger partial charge is 0.323 e. The minimum Gasteiger partial charge on any atom is -0.492 e. The lowest BCUT2D eigenvalue weighted by Gasteiger charge is -2.18. The third-order valence-corrected chi connectivity index (χ3v) is 11.9. The van der Waals surface area contributed by atoms with Crippen molar-refractivity contribution in [2.75, 3.05) is 28.1 Å². The number of hydrogen-bond acceptors (Lipinski definition) is 16. The molecule has 0 radical (unpaired) electrons. The van der Waals surface area contributed by atoms with Gasteiger partial charge in [0.15, 0.2) is 11.4 Å². The van der Waals surface area contributed by atoms with E-state index in [2.05, 4.69) is 31.7 Å². The Kier molecular flexibility index (Phi) is 11.8. The number of urea groups is 1. The number of hydrazone groups is 2. The van der Waals surface area contributed by atoms with Gasteiger partial charge in [-0.1, -0.05) is 0 Å². The predicted octanol–water partition coefficient (Wildman–Crippen LogP) is 4.01. The molecule has 0 aliphatic heterocycles. The Morgan fingerprint density at radius 3 is 1.44 bits per heavy atom. The highest BCUT2D eigenvalue weighted by Gasteiger charge is 2.35. The van der Waals surface area contributed by atoms with Gasteiger partial charge in [-0.15, -0.1) is 0 Å². The zero-order chi connectivity index (χ0) is 44.7. The summed E-state index contributed by atoms with van der Waals surface area (Å²) in [6, 6.07) is 14.2. The minimum atomic E-state index is -5.13. The molecule has 0 fully saturated rings. The molecule has 0 unspecified atom stereocenters. The van der Waals surface area contributed by atoms with Crippen LogP contribution >= 0.6 is 0 Å². The quantitative estimate of drug-likeness (QED) is 0.0735. The number of amides is 2. The van der Waals surface area contributed by atoms with Crippen molar-refractivity contribution in [1.29, 1.82) is 0 Å². The van der Waals surface area contributed by atoms with Crippen molar-refractivity contribution in [2.45, 2.75) is 16.7 Å². The van der Waals surface area contributed by atoms with Crippen molar-refractivity contribution >= 4 is 104 Å². The maximum atomic E-state index is 13.5. The standard InChI is InChI=1S/C35H28N6O16S4/c1-2-57-27-12-7-23(17-28(27)59(48,49)50)39-41-32-30(61(54,55)56)16-19-14-22(6-11-26(19)34(32)43)37-35(44)36-21-5-10-25-18(13-21)15-29(60(51,52)53)31(33(25)42)40-38-20-3-8-24(9-4-20)58(45,46)47/h3-17,38-39H,2H2,1H3,(H2,36,37,44)(H,45,46,47)(H,48,49,50)(H,51,52,53)(H,54,55,56). The molecular formula is C35H28N6O16S4. The van der Waals surface area contributed by atoms with E-state index in [-0.39, 0.29) is 57.4 Å². The SMILES string of the molecule is CCOc1ccc(NN=C2C(=O)c3ccc(NC(=O)Nc4ccc5c(c4)C=C(S(=O)(=O)O)C(=NNc4ccc(S(=O)(=O)O)cc4)C5=O)cc3C=C2S(=O)(=O)O)cc1S(=O)(=O)O. The van der Waals surface area contributed by atoms with E-state index in [9.17, 15) is 61.7 Å². The number of Topliss-reactive ketones (excluding diaryl/α,β-unsaturated/α-hetero) is 2. The van der Waals surface area contributed by atoms with Crippen molar-refractivity contribution in [3.8, 4) is 5.75 Å². The summed E-state index contributed by atoms with van der Waals surface area (Å²) in [5.74, 6) is -2.16. The van der Waals surface area contributed by atoms with Crippen molar-refractivity contribution in [1.82, 2.24) is 0 Å². The maximum Gasteiger partial charge on any atom is 0.323 e. The van der Waals surface area contributed by atoms with Crippen LogP contribution in [-0.2, 0) is 40.5 Å². The van der Waals surface area contributed by atoms with E-state index in [0.29, 0.717) is 0 Å². The highest BCUT2D eigenvalue weighted by atomic mass is 32.2. The van der Waals surface area contributed by atoms with Crippen LogP contribution in [-0.4, -0.2) is 87.5 Å². The van der Waals surface area contributed by atoms with Crippen LogP contribution in [0.3, 0.4) is 0 Å². The first-order valence-electron chi connectivity index (χ1n) is 16.8. The lowest BCUT2D eigenvalue weighted by molar-refractivity contribution is 0.105. The highest BCUT2D eigenvalue weighted by Crippen LogP contribution is 2.32. The molecule has 0 bridgehead atoms. The Hall–Kier alpha value is -6.65. The average Bonchev–Trinajstić information content (AvgIpc) is 3.16. The number of ether oxygens (including phenoxy) is 1. The summed E-state index contributed by atoms with van der Waals surface area (Å²) in [6.45, 7) is 1.63. The van der Waals surface area contributed by atoms with Crippen LogP contribution in [0.25, 0.3) is 12.2 Å². The number of nitrogens with zero attached hydrogens (tertiary/aromatic N) is 2. The van der Waals surface area contributed by atoms with Crippen LogP contribution in [0.15, 0.2) is 109 Å². The molecular weight excluding hydrogens is 889 g/mol. The number of nitrogens with one attached hydrogen (secondary N) is 4. The van der Waals surface area contributed by atoms with Gasteiger partial charge in [0.05, 0.1) is 22.9 Å². The third-order valence-electron chi connectivity index (χ3n) is 8.40. The number of allylic oxidation sites excluding steroid dienone is 2. The number of fused-ring (bicyclic) bond motifs is 2. The first-order valence-corrected chi connectivity index (χ1v) is 22.5. The van der Waals surface area contributed by atoms with Crippen LogP contribution in [0, 0.1) is 0 Å². The molecule has 0 saturated heterocycles. The molecule has 0 atom stereocenters. The number of hydrogen-bond donors (Lipinski definition) is 8. The summed E-state index contributed by atoms with van der Waals surface area (Å²) in [6.07, 6.45) is 1.81. The fraction of sp³-hybridized carbons (Fsp3) is 0.0571. The van der Waals surface area contributed by atoms with Gasteiger partial charge in [-0.3, -0.25) is 38.7 Å². The molecule has 0 aromatic heterocycles. The number of ketones is 2. The minimum absolute atomic E-state index is 0.00306. The van der Waals surface area contributed by atoms with Crippen LogP contribution in [0.4, 0.5) is 27.5 Å². The molecule has 0 spiro atoms. The Balaban J connectivity index is 1.21. The average molecular weight is 917 g/mol. The summed E-state index contributed by atoms with van der Waals surface area (Å²) in [4.78, 5) is 36.9. The Labute approximate surface area is 345 Å². The van der Waals surface area contributed by atoms with E-state index in [1.165, 1.54) is 48.5 Å². The molecule has 61 heavy (non-hydrogen) atoms. The van der Waals surface area contributed by atoms with E-state index in [4.69, 9.17) is 9.29 Å². The van der Waals surface area contributed by atoms with E-state index in [1.54, 1.807) is 6.92 Å². The second-order valence-corrected chi connectivity index (χ2v) is 18.1. The summed E-state index contributed by atoms with van der Waals surface area (Å²) in [7, 11) is -19.5. The van der Waals surface area contributed by atoms with Gasteiger partial charge < -0.3 is 15.4 Å². The van der Waals surface area contributed by atoms with Gasteiger partial charge in [0.25, 0.3) is 40.5 Å². The first-order chi connectivity index (χ1) is 28.4. The number of carbonyl (C=O) groups is 3. The zero-order valence-electron chi connectivity index (χ0n) is 30.6. The number of carbonyl (C=O) groups excluding carboxylic acids is 3. The Bertz CT molecular complexity index is 3140. The predicted molar refractivity (Wildman–Crippen MR) is 219 cm³/mol. The van der Waals surface area contributed by atoms with Crippen LogP contribution in [0.5, 0.6) is 5.75 Å². The van der Waals surface area contributed by atoms with E-state index in [1.807, 2.05) is 0 Å². The second kappa shape index (κ2) is 16.4. The summed E-state index contributed by atoms with van der Waals surface area (Å²) in [5.41, 5.74) is 2.78. The third kappa shape index (κ3) is 9.88. The van der Waals surface area contributed by atoms with Crippen molar-refractivity contribution in [2.24, 2.45) is 10.2 Å². The lowest BCUT2D eigenvalue weighted by atomic mass is 9.94. The number of rotatable bonds is 12. The number of benzene rings is 4. The fourth-order valence-electron chi connectivity index (χ4n) is 5.73. The zero-order valence-corrected chi connectivity index (χ0v) is 33.8. The van der Waals surface area contributed by atoms with Gasteiger partial charge in [-0.2, -0.15) is 43.9 Å².